The van der Waals surface area contributed by atoms with Crippen molar-refractivity contribution in [2.45, 2.75) is 0 Å². The lowest BCUT2D eigenvalue weighted by Crippen LogP contribution is -2.49. The highest BCUT2D eigenvalue weighted by atomic mass is 19.1. The summed E-state index contributed by atoms with van der Waals surface area (Å²) in [6, 6.07) is 13.4. The molecule has 3 rings (SSSR count). The Morgan fingerprint density at radius 3 is 2.52 bits per heavy atom. The molecule has 7 nitrogen and oxygen atoms in total. The lowest BCUT2D eigenvalue weighted by Gasteiger charge is -2.36. The summed E-state index contributed by atoms with van der Waals surface area (Å²) in [6.45, 7) is 4.43. The number of nitrogens with one attached hydrogen (secondary N) is 2. The molecule has 2 aromatic rings. The van der Waals surface area contributed by atoms with Gasteiger partial charge >= 0.3 is 11.8 Å². The number of nitrogens with zero attached hydrogens (tertiary/aromatic N) is 2. The number of carbonyl (C=O) groups excluding carboxylic acids is 2. The van der Waals surface area contributed by atoms with Crippen LogP contribution in [0.1, 0.15) is 0 Å². The SMILES string of the molecule is COc1ccccc1N1CCN(CCNC(=O)C(=O)Nc2cccc(F)c2)CC1. The van der Waals surface area contributed by atoms with E-state index in [4.69, 9.17) is 4.74 Å². The van der Waals surface area contributed by atoms with Crippen LogP contribution in [0.4, 0.5) is 15.8 Å². The predicted octanol–water partition coefficient (Wildman–Crippen LogP) is 1.71. The standard InChI is InChI=1S/C21H25FN4O3/c1-29-19-8-3-2-7-18(19)26-13-11-25(12-14-26)10-9-23-20(27)21(28)24-17-6-4-5-16(22)15-17/h2-8,15H,9-14H2,1H3,(H,23,27)(H,24,28). The number of piperazine rings is 1. The second kappa shape index (κ2) is 9.88. The molecule has 0 saturated carbocycles. The van der Waals surface area contributed by atoms with Crippen LogP contribution in [-0.4, -0.2) is 63.1 Å². The molecular weight excluding hydrogens is 375 g/mol. The second-order valence-electron chi connectivity index (χ2n) is 6.72. The third-order valence-corrected chi connectivity index (χ3v) is 4.80. The Hall–Kier alpha value is -3.13. The van der Waals surface area contributed by atoms with E-state index in [1.807, 2.05) is 24.3 Å². The summed E-state index contributed by atoms with van der Waals surface area (Å²) in [5, 5.41) is 4.99. The molecule has 0 radical (unpaired) electrons. The average molecular weight is 400 g/mol. The second-order valence-corrected chi connectivity index (χ2v) is 6.72. The van der Waals surface area contributed by atoms with Crippen molar-refractivity contribution in [2.75, 3.05) is 56.6 Å². The third kappa shape index (κ3) is 5.68. The number of rotatable bonds is 6. The van der Waals surface area contributed by atoms with E-state index < -0.39 is 17.6 Å². The van der Waals surface area contributed by atoms with Crippen LogP contribution in [0.5, 0.6) is 5.75 Å². The normalized spacial score (nSPS) is 14.3. The fourth-order valence-corrected chi connectivity index (χ4v) is 3.27. The topological polar surface area (TPSA) is 73.9 Å². The van der Waals surface area contributed by atoms with Gasteiger partial charge in [0.05, 0.1) is 12.8 Å². The first-order chi connectivity index (χ1) is 14.1. The number of methoxy groups -OCH3 is 1. The van der Waals surface area contributed by atoms with Crippen molar-refractivity contribution in [1.82, 2.24) is 10.2 Å². The van der Waals surface area contributed by atoms with E-state index in [2.05, 4.69) is 20.4 Å². The minimum Gasteiger partial charge on any atom is -0.495 e. The van der Waals surface area contributed by atoms with E-state index in [1.54, 1.807) is 7.11 Å². The summed E-state index contributed by atoms with van der Waals surface area (Å²) < 4.78 is 18.6. The molecular formula is C21H25FN4O3. The summed E-state index contributed by atoms with van der Waals surface area (Å²) in [5.74, 6) is -1.16. The smallest absolute Gasteiger partial charge is 0.313 e. The van der Waals surface area contributed by atoms with Crippen LogP contribution in [0.3, 0.4) is 0 Å². The molecule has 2 N–H and O–H groups in total. The van der Waals surface area contributed by atoms with Crippen molar-refractivity contribution in [3.8, 4) is 5.75 Å². The molecule has 1 aliphatic heterocycles. The minimum atomic E-state index is -0.809. The predicted molar refractivity (Wildman–Crippen MR) is 110 cm³/mol. The number of hydrogen-bond acceptors (Lipinski definition) is 5. The van der Waals surface area contributed by atoms with Crippen LogP contribution in [0, 0.1) is 5.82 Å². The maximum absolute atomic E-state index is 13.1. The number of hydrogen-bond donors (Lipinski definition) is 2. The highest BCUT2D eigenvalue weighted by Gasteiger charge is 2.20. The number of amides is 2. The summed E-state index contributed by atoms with van der Waals surface area (Å²) in [4.78, 5) is 28.3. The number of anilines is 2. The van der Waals surface area contributed by atoms with E-state index >= 15 is 0 Å². The van der Waals surface area contributed by atoms with Crippen molar-refractivity contribution in [3.63, 3.8) is 0 Å². The Bertz CT molecular complexity index is 853. The minimum absolute atomic E-state index is 0.248. The third-order valence-electron chi connectivity index (χ3n) is 4.80. The fraction of sp³-hybridized carbons (Fsp3) is 0.333. The first-order valence-corrected chi connectivity index (χ1v) is 9.52. The number of ether oxygens (including phenoxy) is 1. The lowest BCUT2D eigenvalue weighted by molar-refractivity contribution is -0.136. The van der Waals surface area contributed by atoms with Crippen LogP contribution in [0.15, 0.2) is 48.5 Å². The molecule has 1 fully saturated rings. The van der Waals surface area contributed by atoms with Crippen molar-refractivity contribution < 1.29 is 18.7 Å². The molecule has 2 aromatic carbocycles. The summed E-state index contributed by atoms with van der Waals surface area (Å²) in [5.41, 5.74) is 1.33. The van der Waals surface area contributed by atoms with Gasteiger partial charge in [-0.2, -0.15) is 0 Å². The van der Waals surface area contributed by atoms with E-state index in [9.17, 15) is 14.0 Å². The molecule has 1 heterocycles. The van der Waals surface area contributed by atoms with Gasteiger partial charge in [-0.25, -0.2) is 4.39 Å². The highest BCUT2D eigenvalue weighted by Crippen LogP contribution is 2.28. The van der Waals surface area contributed by atoms with Gasteiger partial charge in [-0.15, -0.1) is 0 Å². The Balaban J connectivity index is 1.39. The van der Waals surface area contributed by atoms with Gasteiger partial charge in [0.25, 0.3) is 0 Å². The van der Waals surface area contributed by atoms with Gasteiger partial charge in [0.15, 0.2) is 0 Å². The van der Waals surface area contributed by atoms with E-state index in [1.165, 1.54) is 18.2 Å². The number of carbonyl (C=O) groups is 2. The van der Waals surface area contributed by atoms with Gasteiger partial charge in [-0.05, 0) is 30.3 Å². The van der Waals surface area contributed by atoms with Crippen LogP contribution in [0.2, 0.25) is 0 Å². The van der Waals surface area contributed by atoms with Crippen molar-refractivity contribution >= 4 is 23.2 Å². The molecule has 0 aromatic heterocycles. The molecule has 154 valence electrons. The number of halogens is 1. The molecule has 0 unspecified atom stereocenters. The highest BCUT2D eigenvalue weighted by molar-refractivity contribution is 6.39. The maximum atomic E-state index is 13.1. The number of para-hydroxylation sites is 2. The Morgan fingerprint density at radius 1 is 1.03 bits per heavy atom. The first-order valence-electron chi connectivity index (χ1n) is 9.52. The zero-order valence-corrected chi connectivity index (χ0v) is 16.4. The molecule has 0 spiro atoms. The molecule has 8 heteroatoms. The van der Waals surface area contributed by atoms with Gasteiger partial charge in [0.1, 0.15) is 11.6 Å². The Kier molecular flexibility index (Phi) is 7.02. The average Bonchev–Trinajstić information content (AvgIpc) is 2.74. The summed E-state index contributed by atoms with van der Waals surface area (Å²) >= 11 is 0. The Labute approximate surface area is 169 Å². The van der Waals surface area contributed by atoms with E-state index in [0.29, 0.717) is 13.1 Å². The molecule has 2 amide bonds. The van der Waals surface area contributed by atoms with Crippen LogP contribution >= 0.6 is 0 Å². The van der Waals surface area contributed by atoms with E-state index in [-0.39, 0.29) is 5.69 Å². The molecule has 1 aliphatic rings. The van der Waals surface area contributed by atoms with E-state index in [0.717, 1.165) is 43.7 Å². The number of benzene rings is 2. The lowest BCUT2D eigenvalue weighted by atomic mass is 10.2. The summed E-state index contributed by atoms with van der Waals surface area (Å²) in [7, 11) is 1.67. The van der Waals surface area contributed by atoms with Gasteiger partial charge in [-0.3, -0.25) is 14.5 Å². The largest absolute Gasteiger partial charge is 0.495 e. The van der Waals surface area contributed by atoms with Gasteiger partial charge in [-0.1, -0.05) is 18.2 Å². The van der Waals surface area contributed by atoms with Crippen molar-refractivity contribution in [2.24, 2.45) is 0 Å². The van der Waals surface area contributed by atoms with Gasteiger partial charge < -0.3 is 20.3 Å². The maximum Gasteiger partial charge on any atom is 0.313 e. The quantitative estimate of drug-likeness (QED) is 0.723. The van der Waals surface area contributed by atoms with Gasteiger partial charge in [0, 0.05) is 45.0 Å². The van der Waals surface area contributed by atoms with Crippen LogP contribution in [0.25, 0.3) is 0 Å². The zero-order valence-electron chi connectivity index (χ0n) is 16.4. The van der Waals surface area contributed by atoms with Crippen molar-refractivity contribution in [3.05, 3.63) is 54.3 Å². The molecule has 1 saturated heterocycles. The molecule has 0 bridgehead atoms. The molecule has 0 aliphatic carbocycles. The van der Waals surface area contributed by atoms with Crippen molar-refractivity contribution in [1.29, 1.82) is 0 Å². The van der Waals surface area contributed by atoms with Crippen LogP contribution in [-0.2, 0) is 9.59 Å². The zero-order chi connectivity index (χ0) is 20.6. The molecule has 29 heavy (non-hydrogen) atoms. The monoisotopic (exact) mass is 400 g/mol. The summed E-state index contributed by atoms with van der Waals surface area (Å²) in [6.07, 6.45) is 0. The Morgan fingerprint density at radius 2 is 1.79 bits per heavy atom. The fourth-order valence-electron chi connectivity index (χ4n) is 3.27. The van der Waals surface area contributed by atoms with Crippen LogP contribution < -0.4 is 20.3 Å². The molecule has 0 atom stereocenters. The van der Waals surface area contributed by atoms with Gasteiger partial charge in [0.2, 0.25) is 0 Å². The first kappa shape index (κ1) is 20.6.